The van der Waals surface area contributed by atoms with Crippen LogP contribution in [-0.2, 0) is 4.79 Å². The highest BCUT2D eigenvalue weighted by molar-refractivity contribution is 6.31. The molecular weight excluding hydrogens is 210 g/mol. The summed E-state index contributed by atoms with van der Waals surface area (Å²) in [5, 5.41) is 0.760. The van der Waals surface area contributed by atoms with Crippen LogP contribution in [0.4, 0.5) is 0 Å². The standard InChI is InChI=1S/C12H14ClNO/c1-9(15)14-8-4-7-12(14)10-5-2-3-6-11(10)13/h2-3,5-6,12H,4,7-8H2,1H3. The van der Waals surface area contributed by atoms with Crippen molar-refractivity contribution in [1.82, 2.24) is 4.90 Å². The molecule has 3 heteroatoms. The van der Waals surface area contributed by atoms with Crippen molar-refractivity contribution in [2.45, 2.75) is 25.8 Å². The molecule has 1 heterocycles. The van der Waals surface area contributed by atoms with Gasteiger partial charge in [-0.15, -0.1) is 0 Å². The number of benzene rings is 1. The van der Waals surface area contributed by atoms with E-state index < -0.39 is 0 Å². The van der Waals surface area contributed by atoms with E-state index in [-0.39, 0.29) is 11.9 Å². The van der Waals surface area contributed by atoms with E-state index in [0.29, 0.717) is 0 Å². The predicted molar refractivity (Wildman–Crippen MR) is 60.8 cm³/mol. The van der Waals surface area contributed by atoms with Gasteiger partial charge in [-0.2, -0.15) is 0 Å². The van der Waals surface area contributed by atoms with Crippen LogP contribution in [0, 0.1) is 0 Å². The fourth-order valence-electron chi connectivity index (χ4n) is 2.21. The van der Waals surface area contributed by atoms with Gasteiger partial charge in [0.25, 0.3) is 0 Å². The lowest BCUT2D eigenvalue weighted by atomic mass is 10.0. The Kier molecular flexibility index (Phi) is 2.96. The smallest absolute Gasteiger partial charge is 0.219 e. The molecule has 1 aliphatic heterocycles. The molecule has 1 saturated heterocycles. The Morgan fingerprint density at radius 2 is 2.20 bits per heavy atom. The first-order valence-electron chi connectivity index (χ1n) is 5.22. The van der Waals surface area contributed by atoms with Gasteiger partial charge in [0.15, 0.2) is 0 Å². The third kappa shape index (κ3) is 2.00. The highest BCUT2D eigenvalue weighted by Crippen LogP contribution is 2.35. The van der Waals surface area contributed by atoms with E-state index >= 15 is 0 Å². The average molecular weight is 224 g/mol. The van der Waals surface area contributed by atoms with Crippen molar-refractivity contribution in [1.29, 1.82) is 0 Å². The van der Waals surface area contributed by atoms with Crippen LogP contribution in [0.1, 0.15) is 31.4 Å². The minimum Gasteiger partial charge on any atom is -0.336 e. The van der Waals surface area contributed by atoms with Crippen molar-refractivity contribution < 1.29 is 4.79 Å². The lowest BCUT2D eigenvalue weighted by molar-refractivity contribution is -0.129. The molecule has 1 aliphatic rings. The Morgan fingerprint density at radius 3 is 2.87 bits per heavy atom. The number of nitrogens with zero attached hydrogens (tertiary/aromatic N) is 1. The van der Waals surface area contributed by atoms with E-state index in [0.717, 1.165) is 30.0 Å². The van der Waals surface area contributed by atoms with E-state index in [4.69, 9.17) is 11.6 Å². The van der Waals surface area contributed by atoms with Gasteiger partial charge in [0.05, 0.1) is 6.04 Å². The van der Waals surface area contributed by atoms with Gasteiger partial charge in [-0.25, -0.2) is 0 Å². The molecule has 0 radical (unpaired) electrons. The first kappa shape index (κ1) is 10.5. The molecule has 1 aromatic carbocycles. The summed E-state index contributed by atoms with van der Waals surface area (Å²) in [6, 6.07) is 7.95. The quantitative estimate of drug-likeness (QED) is 0.717. The summed E-state index contributed by atoms with van der Waals surface area (Å²) in [5.41, 5.74) is 1.08. The number of amides is 1. The van der Waals surface area contributed by atoms with Crippen molar-refractivity contribution in [3.8, 4) is 0 Å². The molecule has 1 fully saturated rings. The molecule has 0 spiro atoms. The summed E-state index contributed by atoms with van der Waals surface area (Å²) in [6.07, 6.45) is 2.08. The Balaban J connectivity index is 2.30. The molecule has 1 amide bonds. The number of halogens is 1. The third-order valence-electron chi connectivity index (χ3n) is 2.92. The van der Waals surface area contributed by atoms with Gasteiger partial charge in [0, 0.05) is 18.5 Å². The maximum absolute atomic E-state index is 11.4. The third-order valence-corrected chi connectivity index (χ3v) is 3.27. The van der Waals surface area contributed by atoms with Crippen LogP contribution in [0.5, 0.6) is 0 Å². The number of hydrogen-bond acceptors (Lipinski definition) is 1. The van der Waals surface area contributed by atoms with Crippen LogP contribution in [0.3, 0.4) is 0 Å². The molecule has 80 valence electrons. The summed E-state index contributed by atoms with van der Waals surface area (Å²) in [5.74, 6) is 0.136. The Labute approximate surface area is 94.8 Å². The fraction of sp³-hybridized carbons (Fsp3) is 0.417. The van der Waals surface area contributed by atoms with Crippen molar-refractivity contribution >= 4 is 17.5 Å². The second-order valence-electron chi connectivity index (χ2n) is 3.89. The first-order valence-corrected chi connectivity index (χ1v) is 5.59. The van der Waals surface area contributed by atoms with Crippen LogP contribution < -0.4 is 0 Å². The predicted octanol–water partition coefficient (Wildman–Crippen LogP) is 3.02. The monoisotopic (exact) mass is 223 g/mol. The maximum Gasteiger partial charge on any atom is 0.219 e. The van der Waals surface area contributed by atoms with Crippen molar-refractivity contribution in [2.24, 2.45) is 0 Å². The van der Waals surface area contributed by atoms with Crippen LogP contribution in [0.25, 0.3) is 0 Å². The molecule has 2 rings (SSSR count). The van der Waals surface area contributed by atoms with E-state index in [9.17, 15) is 4.79 Å². The Morgan fingerprint density at radius 1 is 1.47 bits per heavy atom. The van der Waals surface area contributed by atoms with Gasteiger partial charge in [0.1, 0.15) is 0 Å². The zero-order valence-electron chi connectivity index (χ0n) is 8.74. The second-order valence-corrected chi connectivity index (χ2v) is 4.30. The molecule has 1 unspecified atom stereocenters. The Bertz CT molecular complexity index is 378. The number of carbonyl (C=O) groups is 1. The summed E-state index contributed by atoms with van der Waals surface area (Å²) in [7, 11) is 0. The molecule has 0 bridgehead atoms. The molecule has 15 heavy (non-hydrogen) atoms. The molecule has 1 aromatic rings. The van der Waals surface area contributed by atoms with Gasteiger partial charge in [0.2, 0.25) is 5.91 Å². The summed E-state index contributed by atoms with van der Waals surface area (Å²) in [4.78, 5) is 13.3. The fourth-order valence-corrected chi connectivity index (χ4v) is 2.47. The van der Waals surface area contributed by atoms with Gasteiger partial charge < -0.3 is 4.90 Å². The summed E-state index contributed by atoms with van der Waals surface area (Å²) in [6.45, 7) is 2.47. The van der Waals surface area contributed by atoms with E-state index in [1.807, 2.05) is 29.2 Å². The van der Waals surface area contributed by atoms with E-state index in [1.54, 1.807) is 6.92 Å². The van der Waals surface area contributed by atoms with Crippen LogP contribution >= 0.6 is 11.6 Å². The lowest BCUT2D eigenvalue weighted by Gasteiger charge is -2.24. The molecule has 0 aromatic heterocycles. The van der Waals surface area contributed by atoms with Crippen LogP contribution in [0.2, 0.25) is 5.02 Å². The molecule has 0 aliphatic carbocycles. The molecule has 1 atom stereocenters. The van der Waals surface area contributed by atoms with Gasteiger partial charge >= 0.3 is 0 Å². The van der Waals surface area contributed by atoms with Gasteiger partial charge in [-0.1, -0.05) is 29.8 Å². The van der Waals surface area contributed by atoms with E-state index in [1.165, 1.54) is 0 Å². The van der Waals surface area contributed by atoms with Gasteiger partial charge in [-0.05, 0) is 24.5 Å². The normalized spacial score (nSPS) is 20.7. The number of rotatable bonds is 1. The molecule has 0 N–H and O–H groups in total. The average Bonchev–Trinajstić information content (AvgIpc) is 2.67. The van der Waals surface area contributed by atoms with E-state index in [2.05, 4.69) is 0 Å². The summed E-state index contributed by atoms with van der Waals surface area (Å²) >= 11 is 6.14. The topological polar surface area (TPSA) is 20.3 Å². The Hall–Kier alpha value is -1.02. The van der Waals surface area contributed by atoms with Crippen molar-refractivity contribution in [3.63, 3.8) is 0 Å². The minimum atomic E-state index is 0.136. The lowest BCUT2D eigenvalue weighted by Crippen LogP contribution is -2.28. The highest BCUT2D eigenvalue weighted by atomic mass is 35.5. The first-order chi connectivity index (χ1) is 7.20. The van der Waals surface area contributed by atoms with Crippen molar-refractivity contribution in [2.75, 3.05) is 6.54 Å². The number of likely N-dealkylation sites (tertiary alicyclic amines) is 1. The zero-order chi connectivity index (χ0) is 10.8. The summed E-state index contributed by atoms with van der Waals surface area (Å²) < 4.78 is 0. The molecule has 2 nitrogen and oxygen atoms in total. The largest absolute Gasteiger partial charge is 0.336 e. The molecular formula is C12H14ClNO. The molecule has 0 saturated carbocycles. The maximum atomic E-state index is 11.4. The zero-order valence-corrected chi connectivity index (χ0v) is 9.50. The number of hydrogen-bond donors (Lipinski definition) is 0. The highest BCUT2D eigenvalue weighted by Gasteiger charge is 2.28. The minimum absolute atomic E-state index is 0.136. The SMILES string of the molecule is CC(=O)N1CCCC1c1ccccc1Cl. The van der Waals surface area contributed by atoms with Crippen LogP contribution in [0.15, 0.2) is 24.3 Å². The second kappa shape index (κ2) is 4.23. The van der Waals surface area contributed by atoms with Crippen molar-refractivity contribution in [3.05, 3.63) is 34.9 Å². The van der Waals surface area contributed by atoms with Gasteiger partial charge in [-0.3, -0.25) is 4.79 Å². The van der Waals surface area contributed by atoms with Crippen LogP contribution in [-0.4, -0.2) is 17.4 Å². The number of carbonyl (C=O) groups excluding carboxylic acids is 1.